The van der Waals surface area contributed by atoms with E-state index in [-0.39, 0.29) is 5.91 Å². The highest BCUT2D eigenvalue weighted by Crippen LogP contribution is 2.22. The van der Waals surface area contributed by atoms with E-state index in [9.17, 15) is 4.79 Å². The SMILES string of the molecule is COc1ccc(CN(CCN2CCN(c3ccc(OC)cc3)CC2)C(=O)c2ccc3c(c2)CCOC3)cc1. The van der Waals surface area contributed by atoms with Crippen molar-refractivity contribution >= 4 is 11.6 Å². The number of nitrogens with zero attached hydrogens (tertiary/aromatic N) is 3. The Morgan fingerprint density at radius 2 is 1.55 bits per heavy atom. The summed E-state index contributed by atoms with van der Waals surface area (Å²) in [4.78, 5) is 20.6. The number of carbonyl (C=O) groups is 1. The topological polar surface area (TPSA) is 54.5 Å². The summed E-state index contributed by atoms with van der Waals surface area (Å²) in [6, 6.07) is 22.3. The molecule has 3 aromatic rings. The van der Waals surface area contributed by atoms with Gasteiger partial charge in [0.05, 0.1) is 27.4 Å². The van der Waals surface area contributed by atoms with Gasteiger partial charge in [0.15, 0.2) is 0 Å². The van der Waals surface area contributed by atoms with Crippen molar-refractivity contribution in [1.29, 1.82) is 0 Å². The first-order chi connectivity index (χ1) is 18.6. The highest BCUT2D eigenvalue weighted by Gasteiger charge is 2.22. The van der Waals surface area contributed by atoms with Gasteiger partial charge in [0, 0.05) is 57.1 Å². The van der Waals surface area contributed by atoms with Crippen LogP contribution in [0.4, 0.5) is 5.69 Å². The van der Waals surface area contributed by atoms with Crippen LogP contribution in [0.25, 0.3) is 0 Å². The van der Waals surface area contributed by atoms with E-state index >= 15 is 0 Å². The second kappa shape index (κ2) is 12.3. The van der Waals surface area contributed by atoms with Gasteiger partial charge < -0.3 is 24.0 Å². The number of piperazine rings is 1. The van der Waals surface area contributed by atoms with E-state index in [1.54, 1.807) is 14.2 Å². The molecule has 0 unspecified atom stereocenters. The minimum absolute atomic E-state index is 0.0759. The minimum atomic E-state index is 0.0759. The van der Waals surface area contributed by atoms with Crippen molar-refractivity contribution in [2.45, 2.75) is 19.6 Å². The van der Waals surface area contributed by atoms with E-state index in [0.717, 1.165) is 61.8 Å². The second-order valence-electron chi connectivity index (χ2n) is 9.89. The molecule has 200 valence electrons. The number of amides is 1. The summed E-state index contributed by atoms with van der Waals surface area (Å²) < 4.78 is 16.2. The Morgan fingerprint density at radius 1 is 0.868 bits per heavy atom. The van der Waals surface area contributed by atoms with Gasteiger partial charge in [-0.3, -0.25) is 9.69 Å². The first kappa shape index (κ1) is 26.1. The minimum Gasteiger partial charge on any atom is -0.497 e. The lowest BCUT2D eigenvalue weighted by Gasteiger charge is -2.37. The zero-order valence-electron chi connectivity index (χ0n) is 22.4. The van der Waals surface area contributed by atoms with Crippen LogP contribution in [-0.4, -0.2) is 75.8 Å². The summed E-state index contributed by atoms with van der Waals surface area (Å²) in [5.41, 5.74) is 5.48. The summed E-state index contributed by atoms with van der Waals surface area (Å²) >= 11 is 0. The molecule has 3 aromatic carbocycles. The maximum atomic E-state index is 13.8. The summed E-state index contributed by atoms with van der Waals surface area (Å²) in [6.07, 6.45) is 0.855. The molecule has 7 nitrogen and oxygen atoms in total. The van der Waals surface area contributed by atoms with Gasteiger partial charge in [-0.2, -0.15) is 0 Å². The molecule has 0 N–H and O–H groups in total. The number of hydrogen-bond donors (Lipinski definition) is 0. The molecule has 0 saturated carbocycles. The smallest absolute Gasteiger partial charge is 0.254 e. The molecule has 2 aliphatic rings. The summed E-state index contributed by atoms with van der Waals surface area (Å²) in [6.45, 7) is 7.28. The Hall–Kier alpha value is -3.55. The van der Waals surface area contributed by atoms with Crippen molar-refractivity contribution in [2.24, 2.45) is 0 Å². The molecular weight excluding hydrogens is 478 g/mol. The van der Waals surface area contributed by atoms with Crippen molar-refractivity contribution in [3.05, 3.63) is 89.0 Å². The zero-order valence-corrected chi connectivity index (χ0v) is 22.4. The molecule has 7 heteroatoms. The van der Waals surface area contributed by atoms with Gasteiger partial charge in [-0.1, -0.05) is 18.2 Å². The fourth-order valence-corrected chi connectivity index (χ4v) is 5.17. The van der Waals surface area contributed by atoms with Crippen LogP contribution in [0.5, 0.6) is 11.5 Å². The molecule has 0 spiro atoms. The van der Waals surface area contributed by atoms with Gasteiger partial charge in [0.1, 0.15) is 11.5 Å². The van der Waals surface area contributed by atoms with Crippen LogP contribution in [0.15, 0.2) is 66.7 Å². The summed E-state index contributed by atoms with van der Waals surface area (Å²) in [5.74, 6) is 1.77. The number of benzene rings is 3. The fourth-order valence-electron chi connectivity index (χ4n) is 5.17. The Kier molecular flexibility index (Phi) is 8.46. The van der Waals surface area contributed by atoms with Crippen LogP contribution in [0.1, 0.15) is 27.0 Å². The first-order valence-corrected chi connectivity index (χ1v) is 13.4. The first-order valence-electron chi connectivity index (χ1n) is 13.4. The van der Waals surface area contributed by atoms with Gasteiger partial charge in [-0.05, 0) is 71.6 Å². The van der Waals surface area contributed by atoms with Crippen molar-refractivity contribution in [1.82, 2.24) is 9.80 Å². The molecule has 0 aromatic heterocycles. The third kappa shape index (κ3) is 6.29. The average molecular weight is 516 g/mol. The van der Waals surface area contributed by atoms with E-state index in [0.29, 0.717) is 26.3 Å². The van der Waals surface area contributed by atoms with E-state index in [4.69, 9.17) is 14.2 Å². The predicted molar refractivity (Wildman–Crippen MR) is 149 cm³/mol. The van der Waals surface area contributed by atoms with Crippen LogP contribution in [0.3, 0.4) is 0 Å². The van der Waals surface area contributed by atoms with Crippen LogP contribution in [0, 0.1) is 0 Å². The van der Waals surface area contributed by atoms with Gasteiger partial charge in [0.2, 0.25) is 0 Å². The van der Waals surface area contributed by atoms with Crippen molar-refractivity contribution in [3.8, 4) is 11.5 Å². The van der Waals surface area contributed by atoms with Crippen LogP contribution in [0.2, 0.25) is 0 Å². The van der Waals surface area contributed by atoms with Crippen LogP contribution in [-0.2, 0) is 24.3 Å². The van der Waals surface area contributed by atoms with Crippen molar-refractivity contribution < 1.29 is 19.0 Å². The lowest BCUT2D eigenvalue weighted by Crippen LogP contribution is -2.49. The molecule has 5 rings (SSSR count). The maximum Gasteiger partial charge on any atom is 0.254 e. The van der Waals surface area contributed by atoms with Crippen molar-refractivity contribution in [3.63, 3.8) is 0 Å². The third-order valence-electron chi connectivity index (χ3n) is 7.54. The van der Waals surface area contributed by atoms with Gasteiger partial charge >= 0.3 is 0 Å². The molecule has 2 aliphatic heterocycles. The quantitative estimate of drug-likeness (QED) is 0.425. The van der Waals surface area contributed by atoms with E-state index in [1.807, 2.05) is 53.4 Å². The molecule has 0 bridgehead atoms. The molecule has 0 radical (unpaired) electrons. The van der Waals surface area contributed by atoms with E-state index in [1.165, 1.54) is 16.8 Å². The lowest BCUT2D eigenvalue weighted by atomic mass is 9.99. The van der Waals surface area contributed by atoms with Crippen LogP contribution < -0.4 is 14.4 Å². The fraction of sp³-hybridized carbons (Fsp3) is 0.387. The largest absolute Gasteiger partial charge is 0.497 e. The van der Waals surface area contributed by atoms with Crippen LogP contribution >= 0.6 is 0 Å². The number of fused-ring (bicyclic) bond motifs is 1. The molecular formula is C31H37N3O4. The molecule has 1 saturated heterocycles. The standard InChI is InChI=1S/C31H37N3O4/c1-36-29-9-3-24(4-10-29)22-34(31(35)26-5-6-27-23-38-20-13-25(27)21-26)19-16-32-14-17-33(18-15-32)28-7-11-30(37-2)12-8-28/h3-12,21H,13-20,22-23H2,1-2H3. The number of rotatable bonds is 9. The van der Waals surface area contributed by atoms with Gasteiger partial charge in [-0.25, -0.2) is 0 Å². The third-order valence-corrected chi connectivity index (χ3v) is 7.54. The van der Waals surface area contributed by atoms with Gasteiger partial charge in [0.25, 0.3) is 5.91 Å². The Labute approximate surface area is 225 Å². The van der Waals surface area contributed by atoms with E-state index < -0.39 is 0 Å². The Bertz CT molecular complexity index is 1200. The highest BCUT2D eigenvalue weighted by atomic mass is 16.5. The number of anilines is 1. The molecule has 1 amide bonds. The average Bonchev–Trinajstić information content (AvgIpc) is 2.99. The van der Waals surface area contributed by atoms with Gasteiger partial charge in [-0.15, -0.1) is 0 Å². The summed E-state index contributed by atoms with van der Waals surface area (Å²) in [7, 11) is 3.36. The predicted octanol–water partition coefficient (Wildman–Crippen LogP) is 4.24. The number of hydrogen-bond acceptors (Lipinski definition) is 6. The Balaban J connectivity index is 1.24. The van der Waals surface area contributed by atoms with E-state index in [2.05, 4.69) is 28.0 Å². The molecule has 0 aliphatic carbocycles. The molecule has 0 atom stereocenters. The normalized spacial score (nSPS) is 15.6. The Morgan fingerprint density at radius 3 is 2.24 bits per heavy atom. The number of ether oxygens (including phenoxy) is 3. The number of methoxy groups -OCH3 is 2. The monoisotopic (exact) mass is 515 g/mol. The second-order valence-corrected chi connectivity index (χ2v) is 9.89. The lowest BCUT2D eigenvalue weighted by molar-refractivity contribution is 0.0718. The summed E-state index contributed by atoms with van der Waals surface area (Å²) in [5, 5.41) is 0. The zero-order chi connectivity index (χ0) is 26.3. The highest BCUT2D eigenvalue weighted by molar-refractivity contribution is 5.94. The van der Waals surface area contributed by atoms with Crippen molar-refractivity contribution in [2.75, 3.05) is 65.0 Å². The maximum absolute atomic E-state index is 13.8. The molecule has 38 heavy (non-hydrogen) atoms. The molecule has 1 fully saturated rings. The number of carbonyl (C=O) groups excluding carboxylic acids is 1. The molecule has 2 heterocycles.